The van der Waals surface area contributed by atoms with Crippen LogP contribution in [0.3, 0.4) is 0 Å². The highest BCUT2D eigenvalue weighted by Gasteiger charge is 2.52. The van der Waals surface area contributed by atoms with Gasteiger partial charge in [-0.3, -0.25) is 4.90 Å². The lowest BCUT2D eigenvalue weighted by atomic mass is 9.87. The van der Waals surface area contributed by atoms with Gasteiger partial charge in [-0.25, -0.2) is 9.59 Å². The van der Waals surface area contributed by atoms with Crippen molar-refractivity contribution in [2.45, 2.75) is 51.3 Å². The number of rotatable bonds is 2. The first kappa shape index (κ1) is 17.8. The van der Waals surface area contributed by atoms with Crippen LogP contribution in [0.15, 0.2) is 29.8 Å². The minimum atomic E-state index is -0.596. The SMILES string of the molecule is COC(=O)C1=C(c2cccc(Cl)c2)C2CCC1N2C(=O)OC(C)(C)C. The summed E-state index contributed by atoms with van der Waals surface area (Å²) >= 11 is 6.13. The van der Waals surface area contributed by atoms with E-state index in [0.29, 0.717) is 10.6 Å². The second kappa shape index (κ2) is 6.37. The lowest BCUT2D eigenvalue weighted by Crippen LogP contribution is -2.41. The zero-order valence-corrected chi connectivity index (χ0v) is 15.6. The van der Waals surface area contributed by atoms with Crippen molar-refractivity contribution in [2.75, 3.05) is 7.11 Å². The van der Waals surface area contributed by atoms with Gasteiger partial charge in [0.1, 0.15) is 5.60 Å². The van der Waals surface area contributed by atoms with Crippen molar-refractivity contribution in [2.24, 2.45) is 0 Å². The highest BCUT2D eigenvalue weighted by molar-refractivity contribution is 6.30. The molecule has 1 aromatic rings. The first-order valence-corrected chi connectivity index (χ1v) is 8.70. The number of halogens is 1. The van der Waals surface area contributed by atoms with E-state index >= 15 is 0 Å². The molecule has 1 saturated heterocycles. The van der Waals surface area contributed by atoms with Gasteiger partial charge in [0.2, 0.25) is 0 Å². The Hall–Kier alpha value is -2.01. The van der Waals surface area contributed by atoms with Gasteiger partial charge in [-0.05, 0) is 56.9 Å². The molecule has 1 aromatic carbocycles. The van der Waals surface area contributed by atoms with Crippen molar-refractivity contribution in [3.05, 3.63) is 40.4 Å². The fourth-order valence-electron chi connectivity index (χ4n) is 3.67. The van der Waals surface area contributed by atoms with Crippen molar-refractivity contribution >= 4 is 29.2 Å². The standard InChI is InChI=1S/C19H22ClNO4/c1-19(2,3)25-18(23)21-13-8-9-14(21)16(17(22)24-4)15(13)11-6-5-7-12(20)10-11/h5-7,10,13-14H,8-9H2,1-4H3. The number of carbonyl (C=O) groups is 2. The van der Waals surface area contributed by atoms with E-state index in [-0.39, 0.29) is 12.1 Å². The van der Waals surface area contributed by atoms with Crippen LogP contribution in [0.2, 0.25) is 5.02 Å². The predicted octanol–water partition coefficient (Wildman–Crippen LogP) is 4.05. The Morgan fingerprint density at radius 2 is 1.88 bits per heavy atom. The van der Waals surface area contributed by atoms with E-state index in [0.717, 1.165) is 24.0 Å². The maximum atomic E-state index is 12.7. The van der Waals surface area contributed by atoms with Crippen molar-refractivity contribution in [3.8, 4) is 0 Å². The molecule has 0 spiro atoms. The number of carbonyl (C=O) groups excluding carboxylic acids is 2. The molecule has 3 rings (SSSR count). The van der Waals surface area contributed by atoms with Gasteiger partial charge in [-0.1, -0.05) is 23.7 Å². The minimum absolute atomic E-state index is 0.201. The maximum Gasteiger partial charge on any atom is 0.411 e. The molecule has 2 aliphatic rings. The normalized spacial score (nSPS) is 22.4. The molecule has 0 aliphatic carbocycles. The van der Waals surface area contributed by atoms with E-state index in [1.807, 2.05) is 39.0 Å². The summed E-state index contributed by atoms with van der Waals surface area (Å²) in [6, 6.07) is 6.81. The number of fused-ring (bicyclic) bond motifs is 2. The van der Waals surface area contributed by atoms with Gasteiger partial charge < -0.3 is 9.47 Å². The van der Waals surface area contributed by atoms with Crippen LogP contribution in [0.5, 0.6) is 0 Å². The highest BCUT2D eigenvalue weighted by Crippen LogP contribution is 2.47. The van der Waals surface area contributed by atoms with Crippen LogP contribution < -0.4 is 0 Å². The maximum absolute atomic E-state index is 12.7. The number of esters is 1. The van der Waals surface area contributed by atoms with Gasteiger partial charge in [0.25, 0.3) is 0 Å². The second-order valence-corrected chi connectivity index (χ2v) is 7.76. The minimum Gasteiger partial charge on any atom is -0.466 e. The number of hydrogen-bond donors (Lipinski definition) is 0. The van der Waals surface area contributed by atoms with Gasteiger partial charge in [0.05, 0.1) is 24.8 Å². The van der Waals surface area contributed by atoms with Crippen molar-refractivity contribution in [1.82, 2.24) is 4.90 Å². The molecule has 1 fully saturated rings. The number of amides is 1. The van der Waals surface area contributed by atoms with Gasteiger partial charge in [0.15, 0.2) is 0 Å². The van der Waals surface area contributed by atoms with E-state index in [4.69, 9.17) is 21.1 Å². The van der Waals surface area contributed by atoms with Crippen molar-refractivity contribution < 1.29 is 19.1 Å². The average Bonchev–Trinajstić information content (AvgIpc) is 3.08. The molecule has 2 heterocycles. The summed E-state index contributed by atoms with van der Waals surface area (Å²) in [5, 5.41) is 0.584. The molecular weight excluding hydrogens is 342 g/mol. The molecule has 0 radical (unpaired) electrons. The number of hydrogen-bond acceptors (Lipinski definition) is 4. The summed E-state index contributed by atoms with van der Waals surface area (Å²) in [5.41, 5.74) is 1.60. The largest absolute Gasteiger partial charge is 0.466 e. The highest BCUT2D eigenvalue weighted by atomic mass is 35.5. The number of methoxy groups -OCH3 is 1. The van der Waals surface area contributed by atoms with Crippen LogP contribution in [0, 0.1) is 0 Å². The summed E-state index contributed by atoms with van der Waals surface area (Å²) < 4.78 is 10.5. The summed E-state index contributed by atoms with van der Waals surface area (Å²) in [4.78, 5) is 26.8. The number of benzene rings is 1. The third-order valence-electron chi connectivity index (χ3n) is 4.49. The van der Waals surface area contributed by atoms with Gasteiger partial charge >= 0.3 is 12.1 Å². The van der Waals surface area contributed by atoms with Gasteiger partial charge in [-0.2, -0.15) is 0 Å². The Balaban J connectivity index is 2.03. The quantitative estimate of drug-likeness (QED) is 0.744. The molecule has 5 nitrogen and oxygen atoms in total. The van der Waals surface area contributed by atoms with E-state index < -0.39 is 17.7 Å². The molecule has 25 heavy (non-hydrogen) atoms. The van der Waals surface area contributed by atoms with Crippen LogP contribution in [0.25, 0.3) is 5.57 Å². The summed E-state index contributed by atoms with van der Waals surface area (Å²) in [6.07, 6.45) is 1.10. The molecule has 0 aromatic heterocycles. The first-order valence-electron chi connectivity index (χ1n) is 8.32. The fourth-order valence-corrected chi connectivity index (χ4v) is 3.86. The fraction of sp³-hybridized carbons (Fsp3) is 0.474. The van der Waals surface area contributed by atoms with Crippen LogP contribution in [0.1, 0.15) is 39.2 Å². The zero-order valence-electron chi connectivity index (χ0n) is 14.8. The molecule has 2 unspecified atom stereocenters. The summed E-state index contributed by atoms with van der Waals surface area (Å²) in [7, 11) is 1.36. The zero-order chi connectivity index (χ0) is 18.4. The Morgan fingerprint density at radius 1 is 1.20 bits per heavy atom. The monoisotopic (exact) mass is 363 g/mol. The molecule has 0 saturated carbocycles. The van der Waals surface area contributed by atoms with Gasteiger partial charge in [0, 0.05) is 5.02 Å². The predicted molar refractivity (Wildman–Crippen MR) is 95.3 cm³/mol. The van der Waals surface area contributed by atoms with Crippen LogP contribution in [-0.4, -0.2) is 41.8 Å². The second-order valence-electron chi connectivity index (χ2n) is 7.33. The number of nitrogens with zero attached hydrogens (tertiary/aromatic N) is 1. The van der Waals surface area contributed by atoms with Crippen LogP contribution in [0.4, 0.5) is 4.79 Å². The summed E-state index contributed by atoms with van der Waals surface area (Å²) in [6.45, 7) is 5.49. The Morgan fingerprint density at radius 3 is 2.48 bits per heavy atom. The third-order valence-corrected chi connectivity index (χ3v) is 4.72. The molecule has 1 amide bonds. The molecular formula is C19H22ClNO4. The molecule has 2 bridgehead atoms. The lowest BCUT2D eigenvalue weighted by molar-refractivity contribution is -0.136. The third kappa shape index (κ3) is 3.25. The van der Waals surface area contributed by atoms with Crippen molar-refractivity contribution in [3.63, 3.8) is 0 Å². The summed E-state index contributed by atoms with van der Waals surface area (Å²) in [5.74, 6) is -0.407. The first-order chi connectivity index (χ1) is 11.7. The van der Waals surface area contributed by atoms with E-state index in [9.17, 15) is 9.59 Å². The van der Waals surface area contributed by atoms with Crippen molar-refractivity contribution in [1.29, 1.82) is 0 Å². The van der Waals surface area contributed by atoms with Gasteiger partial charge in [-0.15, -0.1) is 0 Å². The molecule has 2 aliphatic heterocycles. The topological polar surface area (TPSA) is 55.8 Å². The molecule has 134 valence electrons. The Kier molecular flexibility index (Phi) is 4.54. The lowest BCUT2D eigenvalue weighted by Gasteiger charge is -2.28. The Bertz CT molecular complexity index is 750. The molecule has 2 atom stereocenters. The molecule has 6 heteroatoms. The van der Waals surface area contributed by atoms with E-state index in [2.05, 4.69) is 0 Å². The van der Waals surface area contributed by atoms with E-state index in [1.54, 1.807) is 11.0 Å². The van der Waals surface area contributed by atoms with E-state index in [1.165, 1.54) is 7.11 Å². The van der Waals surface area contributed by atoms with Crippen LogP contribution in [-0.2, 0) is 14.3 Å². The Labute approximate surface area is 152 Å². The average molecular weight is 364 g/mol. The number of ether oxygens (including phenoxy) is 2. The molecule has 0 N–H and O–H groups in total. The van der Waals surface area contributed by atoms with Crippen LogP contribution >= 0.6 is 11.6 Å². The smallest absolute Gasteiger partial charge is 0.411 e.